The van der Waals surface area contributed by atoms with Gasteiger partial charge in [-0.1, -0.05) is 103 Å². The summed E-state index contributed by atoms with van der Waals surface area (Å²) < 4.78 is 9.42. The number of nitrogens with zero attached hydrogens (tertiary/aromatic N) is 2. The first-order valence-electron chi connectivity index (χ1n) is 16.8. The highest BCUT2D eigenvalue weighted by atomic mass is 32.1. The molecular formula is C46H30N2OS. The van der Waals surface area contributed by atoms with E-state index in [1.54, 1.807) is 0 Å². The van der Waals surface area contributed by atoms with Crippen molar-refractivity contribution in [3.8, 4) is 0 Å². The first-order valence-corrected chi connectivity index (χ1v) is 17.7. The molecule has 4 heteroatoms. The third kappa shape index (κ3) is 4.65. The van der Waals surface area contributed by atoms with Crippen LogP contribution in [0.1, 0.15) is 0 Å². The van der Waals surface area contributed by atoms with Gasteiger partial charge in [0.05, 0.1) is 5.69 Å². The first-order chi connectivity index (χ1) is 24.8. The van der Waals surface area contributed by atoms with Gasteiger partial charge in [-0.05, 0) is 72.8 Å². The molecule has 8 aromatic carbocycles. The number of fused-ring (bicyclic) bond motifs is 8. The number of para-hydroxylation sites is 3. The van der Waals surface area contributed by atoms with Gasteiger partial charge >= 0.3 is 0 Å². The molecule has 0 aliphatic rings. The number of hydrogen-bond donors (Lipinski definition) is 0. The van der Waals surface area contributed by atoms with Gasteiger partial charge in [0, 0.05) is 76.2 Å². The van der Waals surface area contributed by atoms with Crippen LogP contribution in [0.3, 0.4) is 0 Å². The van der Waals surface area contributed by atoms with Crippen LogP contribution in [0.25, 0.3) is 52.9 Å². The van der Waals surface area contributed by atoms with E-state index < -0.39 is 0 Å². The molecule has 10 aromatic rings. The molecule has 10 rings (SSSR count). The highest BCUT2D eigenvalue weighted by Crippen LogP contribution is 2.46. The normalized spacial score (nSPS) is 11.6. The van der Waals surface area contributed by atoms with Crippen molar-refractivity contribution in [1.29, 1.82) is 0 Å². The molecule has 0 N–H and O–H groups in total. The fraction of sp³-hybridized carbons (Fsp3) is 0. The zero-order valence-corrected chi connectivity index (χ0v) is 27.8. The molecule has 0 radical (unpaired) electrons. The van der Waals surface area contributed by atoms with Gasteiger partial charge in [0.15, 0.2) is 0 Å². The van der Waals surface area contributed by atoms with Gasteiger partial charge in [-0.2, -0.15) is 0 Å². The lowest BCUT2D eigenvalue weighted by Gasteiger charge is -2.27. The molecule has 3 nitrogen and oxygen atoms in total. The second-order valence-electron chi connectivity index (χ2n) is 12.6. The van der Waals surface area contributed by atoms with Gasteiger partial charge in [-0.25, -0.2) is 0 Å². The lowest BCUT2D eigenvalue weighted by atomic mass is 10.0. The van der Waals surface area contributed by atoms with Crippen LogP contribution in [-0.2, 0) is 0 Å². The summed E-state index contributed by atoms with van der Waals surface area (Å²) >= 11 is 1.84. The number of benzene rings is 8. The van der Waals surface area contributed by atoms with Crippen molar-refractivity contribution >= 4 is 98.3 Å². The number of furan rings is 1. The third-order valence-electron chi connectivity index (χ3n) is 9.60. The van der Waals surface area contributed by atoms with E-state index in [4.69, 9.17) is 4.42 Å². The van der Waals surface area contributed by atoms with Crippen molar-refractivity contribution in [1.82, 2.24) is 0 Å². The molecule has 0 spiro atoms. The Hall–Kier alpha value is -6.36. The highest BCUT2D eigenvalue weighted by Gasteiger charge is 2.21. The van der Waals surface area contributed by atoms with E-state index >= 15 is 0 Å². The van der Waals surface area contributed by atoms with E-state index in [0.29, 0.717) is 0 Å². The number of thiophene rings is 1. The number of anilines is 6. The van der Waals surface area contributed by atoms with Crippen LogP contribution in [0.5, 0.6) is 0 Å². The molecule has 0 aliphatic heterocycles. The number of hydrogen-bond acceptors (Lipinski definition) is 4. The highest BCUT2D eigenvalue weighted by molar-refractivity contribution is 7.25. The minimum absolute atomic E-state index is 0.856. The summed E-state index contributed by atoms with van der Waals surface area (Å²) in [6, 6.07) is 64.7. The van der Waals surface area contributed by atoms with E-state index in [9.17, 15) is 0 Å². The van der Waals surface area contributed by atoms with Gasteiger partial charge in [-0.15, -0.1) is 11.3 Å². The maximum absolute atomic E-state index is 6.84. The molecule has 0 atom stereocenters. The van der Waals surface area contributed by atoms with Crippen molar-refractivity contribution in [3.05, 3.63) is 182 Å². The topological polar surface area (TPSA) is 19.6 Å². The summed E-state index contributed by atoms with van der Waals surface area (Å²) in [5.74, 6) is 0. The molecule has 236 valence electrons. The molecule has 0 bridgehead atoms. The van der Waals surface area contributed by atoms with Crippen molar-refractivity contribution in [2.45, 2.75) is 0 Å². The molecule has 0 aliphatic carbocycles. The predicted octanol–water partition coefficient (Wildman–Crippen LogP) is 14.0. The maximum atomic E-state index is 6.84. The fourth-order valence-electron chi connectivity index (χ4n) is 7.35. The smallest absolute Gasteiger partial charge is 0.143 e. The van der Waals surface area contributed by atoms with Gasteiger partial charge in [0.2, 0.25) is 0 Å². The van der Waals surface area contributed by atoms with Gasteiger partial charge in [-0.3, -0.25) is 0 Å². The van der Waals surface area contributed by atoms with Crippen LogP contribution in [0.15, 0.2) is 186 Å². The van der Waals surface area contributed by atoms with Gasteiger partial charge < -0.3 is 14.2 Å². The average molecular weight is 659 g/mol. The molecule has 2 heterocycles. The Kier molecular flexibility index (Phi) is 6.68. The van der Waals surface area contributed by atoms with Crippen molar-refractivity contribution in [2.75, 3.05) is 9.80 Å². The second-order valence-corrected chi connectivity index (χ2v) is 13.6. The minimum atomic E-state index is 0.856. The zero-order chi connectivity index (χ0) is 33.0. The molecule has 0 saturated carbocycles. The Labute approximate surface area is 293 Å². The zero-order valence-electron chi connectivity index (χ0n) is 27.0. The van der Waals surface area contributed by atoms with Crippen LogP contribution in [0.2, 0.25) is 0 Å². The van der Waals surface area contributed by atoms with Crippen molar-refractivity contribution in [2.24, 2.45) is 0 Å². The Morgan fingerprint density at radius 1 is 0.340 bits per heavy atom. The molecule has 0 fully saturated rings. The molecule has 0 unspecified atom stereocenters. The summed E-state index contributed by atoms with van der Waals surface area (Å²) in [5.41, 5.74) is 8.32. The summed E-state index contributed by atoms with van der Waals surface area (Å²) in [6.45, 7) is 0. The maximum Gasteiger partial charge on any atom is 0.143 e. The summed E-state index contributed by atoms with van der Waals surface area (Å²) in [7, 11) is 0. The third-order valence-corrected chi connectivity index (χ3v) is 10.7. The molecule has 50 heavy (non-hydrogen) atoms. The summed E-state index contributed by atoms with van der Waals surface area (Å²) in [6.07, 6.45) is 0. The van der Waals surface area contributed by atoms with Gasteiger partial charge in [0.25, 0.3) is 0 Å². The van der Waals surface area contributed by atoms with Crippen LogP contribution in [-0.4, -0.2) is 0 Å². The molecular weight excluding hydrogens is 629 g/mol. The lowest BCUT2D eigenvalue weighted by Crippen LogP contribution is -2.10. The van der Waals surface area contributed by atoms with Crippen LogP contribution < -0.4 is 9.80 Å². The second kappa shape index (κ2) is 11.7. The first kappa shape index (κ1) is 28.6. The Morgan fingerprint density at radius 3 is 1.54 bits per heavy atom. The van der Waals surface area contributed by atoms with E-state index in [1.165, 1.54) is 20.2 Å². The predicted molar refractivity (Wildman–Crippen MR) is 213 cm³/mol. The Bertz CT molecular complexity index is 2780. The van der Waals surface area contributed by atoms with E-state index in [0.717, 1.165) is 66.8 Å². The molecule has 2 aromatic heterocycles. The van der Waals surface area contributed by atoms with Crippen LogP contribution in [0.4, 0.5) is 34.1 Å². The van der Waals surface area contributed by atoms with Crippen LogP contribution >= 0.6 is 11.3 Å². The van der Waals surface area contributed by atoms with E-state index in [2.05, 4.69) is 192 Å². The van der Waals surface area contributed by atoms with Crippen molar-refractivity contribution in [3.63, 3.8) is 0 Å². The summed E-state index contributed by atoms with van der Waals surface area (Å²) in [5, 5.41) is 7.00. The number of rotatable bonds is 6. The van der Waals surface area contributed by atoms with Gasteiger partial charge in [0.1, 0.15) is 11.2 Å². The molecule has 0 saturated heterocycles. The Balaban J connectivity index is 1.18. The van der Waals surface area contributed by atoms with E-state index in [1.807, 2.05) is 11.3 Å². The Morgan fingerprint density at radius 2 is 0.860 bits per heavy atom. The monoisotopic (exact) mass is 658 g/mol. The SMILES string of the molecule is c1ccc(N(c2ccc3c(c2)oc2c4ccccc4c(N(c4ccccc4)c4ccccc4)cc32)c2ccc3c(c2)sc2ccccc23)cc1. The standard InChI is InChI=1S/C46H30N2OS/c1-4-14-31(15-5-1)47(35-25-27-39-38-21-12-13-23-44(38)50-45(39)29-35)34-24-26-37-41-30-42(36-20-10-11-22-40(36)46(41)49-43(37)28-34)48(32-16-6-2-7-17-32)33-18-8-3-9-19-33/h1-30H. The van der Waals surface area contributed by atoms with Crippen LogP contribution in [0, 0.1) is 0 Å². The van der Waals surface area contributed by atoms with E-state index in [-0.39, 0.29) is 0 Å². The quantitative estimate of drug-likeness (QED) is 0.177. The van der Waals surface area contributed by atoms with Crippen molar-refractivity contribution < 1.29 is 4.42 Å². The molecule has 0 amide bonds. The fourth-order valence-corrected chi connectivity index (χ4v) is 8.49. The average Bonchev–Trinajstić information content (AvgIpc) is 3.74. The largest absolute Gasteiger partial charge is 0.455 e. The summed E-state index contributed by atoms with van der Waals surface area (Å²) in [4.78, 5) is 4.67. The minimum Gasteiger partial charge on any atom is -0.455 e. The lowest BCUT2D eigenvalue weighted by molar-refractivity contribution is 0.672.